The summed E-state index contributed by atoms with van der Waals surface area (Å²) >= 11 is 0. The average molecular weight is 431 g/mol. The molecule has 0 aromatic carbocycles. The van der Waals surface area contributed by atoms with Crippen molar-refractivity contribution in [1.82, 2.24) is 20.3 Å². The molecular weight excluding hydrogens is 396 g/mol. The van der Waals surface area contributed by atoms with Crippen molar-refractivity contribution in [3.05, 3.63) is 17.5 Å². The first-order valence-electron chi connectivity index (χ1n) is 11.9. The fourth-order valence-electron chi connectivity index (χ4n) is 5.81. The Morgan fingerprint density at radius 3 is 2.71 bits per heavy atom. The van der Waals surface area contributed by atoms with Gasteiger partial charge in [-0.25, -0.2) is 0 Å². The van der Waals surface area contributed by atoms with Gasteiger partial charge in [0.05, 0.1) is 30.7 Å². The molecule has 170 valence electrons. The first-order valence-corrected chi connectivity index (χ1v) is 11.9. The van der Waals surface area contributed by atoms with E-state index < -0.39 is 5.41 Å². The maximum absolute atomic E-state index is 13.5. The summed E-state index contributed by atoms with van der Waals surface area (Å²) < 4.78 is 10.8. The molecule has 0 radical (unpaired) electrons. The maximum Gasteiger partial charge on any atom is 0.230 e. The van der Waals surface area contributed by atoms with E-state index in [1.165, 1.54) is 0 Å². The molecular formula is C23H34N4O4. The lowest BCUT2D eigenvalue weighted by Crippen LogP contribution is -2.62. The van der Waals surface area contributed by atoms with E-state index >= 15 is 0 Å². The Morgan fingerprint density at radius 2 is 2.00 bits per heavy atom. The smallest absolute Gasteiger partial charge is 0.230 e. The van der Waals surface area contributed by atoms with E-state index in [2.05, 4.69) is 15.4 Å². The summed E-state index contributed by atoms with van der Waals surface area (Å²) in [5.41, 5.74) is 0.319. The molecule has 2 saturated heterocycles. The molecule has 8 heteroatoms. The first-order chi connectivity index (χ1) is 15.0. The molecule has 1 aromatic rings. The van der Waals surface area contributed by atoms with Crippen LogP contribution in [0.5, 0.6) is 0 Å². The fourth-order valence-corrected chi connectivity index (χ4v) is 5.81. The van der Waals surface area contributed by atoms with Gasteiger partial charge in [0.15, 0.2) is 0 Å². The van der Waals surface area contributed by atoms with Crippen molar-refractivity contribution in [3.8, 4) is 0 Å². The molecule has 3 atom stereocenters. The number of fused-ring (bicyclic) bond motifs is 1. The monoisotopic (exact) mass is 430 g/mol. The van der Waals surface area contributed by atoms with Crippen LogP contribution in [0.4, 0.5) is 0 Å². The Labute approximate surface area is 183 Å². The van der Waals surface area contributed by atoms with Crippen molar-refractivity contribution in [3.63, 3.8) is 0 Å². The molecule has 0 spiro atoms. The van der Waals surface area contributed by atoms with Crippen LogP contribution < -0.4 is 5.32 Å². The van der Waals surface area contributed by atoms with Crippen LogP contribution in [-0.4, -0.2) is 78.2 Å². The van der Waals surface area contributed by atoms with Crippen molar-refractivity contribution in [2.45, 2.75) is 64.0 Å². The third-order valence-corrected chi connectivity index (χ3v) is 7.76. The number of hydrogen-bond acceptors (Lipinski definition) is 6. The van der Waals surface area contributed by atoms with E-state index in [0.29, 0.717) is 36.9 Å². The molecule has 2 aliphatic carbocycles. The minimum Gasteiger partial charge on any atom is -0.379 e. The van der Waals surface area contributed by atoms with Crippen LogP contribution in [0.25, 0.3) is 0 Å². The number of amides is 2. The topological polar surface area (TPSA) is 87.9 Å². The maximum atomic E-state index is 13.5. The molecule has 2 aliphatic heterocycles. The van der Waals surface area contributed by atoms with Crippen LogP contribution in [0.2, 0.25) is 0 Å². The average Bonchev–Trinajstić information content (AvgIpc) is 3.52. The number of aryl methyl sites for hydroxylation is 1. The minimum absolute atomic E-state index is 0.0310. The Bertz CT molecular complexity index is 816. The third kappa shape index (κ3) is 4.37. The summed E-state index contributed by atoms with van der Waals surface area (Å²) in [5.74, 6) is 1.12. The number of rotatable bonds is 5. The van der Waals surface area contributed by atoms with E-state index in [1.54, 1.807) is 0 Å². The molecule has 31 heavy (non-hydrogen) atoms. The van der Waals surface area contributed by atoms with E-state index in [9.17, 15) is 9.59 Å². The standard InChI is InChI=1S/C23H34N4O4/c1-16-12-20(31-25-16)14-21(28)27-7-5-17-13-19(26-8-10-30-11-9-26)4-6-23(17,15-27)22(29)24-18-2-3-18/h12,17-19H,2-11,13-15H2,1H3,(H,24,29)/t17-,19-,23-/m1/s1. The number of carbonyl (C=O) groups excluding carboxylic acids is 2. The quantitative estimate of drug-likeness (QED) is 0.762. The highest BCUT2D eigenvalue weighted by Crippen LogP contribution is 2.48. The number of likely N-dealkylation sites (tertiary alicyclic amines) is 1. The lowest BCUT2D eigenvalue weighted by Gasteiger charge is -2.53. The molecule has 0 unspecified atom stereocenters. The lowest BCUT2D eigenvalue weighted by molar-refractivity contribution is -0.151. The van der Waals surface area contributed by atoms with E-state index in [1.807, 2.05) is 17.9 Å². The second-order valence-electron chi connectivity index (χ2n) is 9.89. The van der Waals surface area contributed by atoms with Gasteiger partial charge >= 0.3 is 0 Å². The Kier molecular flexibility index (Phi) is 5.77. The molecule has 8 nitrogen and oxygen atoms in total. The van der Waals surface area contributed by atoms with Crippen LogP contribution in [0.1, 0.15) is 50.0 Å². The molecule has 3 heterocycles. The summed E-state index contributed by atoms with van der Waals surface area (Å²) in [5, 5.41) is 7.17. The SMILES string of the molecule is Cc1cc(CC(=O)N2CC[C@@H]3C[C@H](N4CCOCC4)CC[C@@]3(C(=O)NC3CC3)C2)on1. The van der Waals surface area contributed by atoms with Crippen LogP contribution >= 0.6 is 0 Å². The summed E-state index contributed by atoms with van der Waals surface area (Å²) in [7, 11) is 0. The molecule has 5 rings (SSSR count). The number of nitrogens with zero attached hydrogens (tertiary/aromatic N) is 3. The molecule has 2 amide bonds. The minimum atomic E-state index is -0.462. The predicted octanol–water partition coefficient (Wildman–Crippen LogP) is 1.52. The number of morpholine rings is 1. The number of piperidine rings is 1. The van der Waals surface area contributed by atoms with Gasteiger partial charge in [-0.2, -0.15) is 0 Å². The molecule has 1 aromatic heterocycles. The van der Waals surface area contributed by atoms with Crippen molar-refractivity contribution >= 4 is 11.8 Å². The molecule has 4 fully saturated rings. The molecule has 0 bridgehead atoms. The number of nitrogens with one attached hydrogen (secondary N) is 1. The fraction of sp³-hybridized carbons (Fsp3) is 0.783. The predicted molar refractivity (Wildman–Crippen MR) is 113 cm³/mol. The Hall–Kier alpha value is -1.93. The van der Waals surface area contributed by atoms with Crippen LogP contribution in [0.15, 0.2) is 10.6 Å². The second-order valence-corrected chi connectivity index (χ2v) is 9.89. The van der Waals surface area contributed by atoms with E-state index in [4.69, 9.17) is 9.26 Å². The van der Waals surface area contributed by atoms with Gasteiger partial charge in [-0.1, -0.05) is 5.16 Å². The lowest BCUT2D eigenvalue weighted by atomic mass is 9.60. The van der Waals surface area contributed by atoms with Gasteiger partial charge in [-0.3, -0.25) is 14.5 Å². The summed E-state index contributed by atoms with van der Waals surface area (Å²) in [6.45, 7) is 6.67. The zero-order valence-electron chi connectivity index (χ0n) is 18.5. The normalized spacial score (nSPS) is 31.8. The van der Waals surface area contributed by atoms with Crippen LogP contribution in [-0.2, 0) is 20.7 Å². The first kappa shape index (κ1) is 20.9. The highest BCUT2D eigenvalue weighted by molar-refractivity contribution is 5.86. The van der Waals surface area contributed by atoms with Crippen molar-refractivity contribution in [2.75, 3.05) is 39.4 Å². The summed E-state index contributed by atoms with van der Waals surface area (Å²) in [6.07, 6.45) is 6.16. The molecule has 4 aliphatic rings. The Balaban J connectivity index is 1.31. The number of ether oxygens (including phenoxy) is 1. The van der Waals surface area contributed by atoms with Gasteiger partial charge in [0, 0.05) is 44.3 Å². The summed E-state index contributed by atoms with van der Waals surface area (Å²) in [6, 6.07) is 2.67. The summed E-state index contributed by atoms with van der Waals surface area (Å²) in [4.78, 5) is 31.0. The zero-order valence-corrected chi connectivity index (χ0v) is 18.5. The van der Waals surface area contributed by atoms with Gasteiger partial charge in [0.25, 0.3) is 0 Å². The van der Waals surface area contributed by atoms with Gasteiger partial charge in [-0.15, -0.1) is 0 Å². The second kappa shape index (κ2) is 8.54. The molecule has 1 N–H and O–H groups in total. The largest absolute Gasteiger partial charge is 0.379 e. The van der Waals surface area contributed by atoms with Gasteiger partial charge < -0.3 is 19.5 Å². The number of carbonyl (C=O) groups is 2. The van der Waals surface area contributed by atoms with Crippen LogP contribution in [0, 0.1) is 18.3 Å². The number of aromatic nitrogens is 1. The zero-order chi connectivity index (χ0) is 21.4. The van der Waals surface area contributed by atoms with E-state index in [-0.39, 0.29) is 18.2 Å². The van der Waals surface area contributed by atoms with Crippen molar-refractivity contribution < 1.29 is 18.8 Å². The number of hydrogen-bond donors (Lipinski definition) is 1. The third-order valence-electron chi connectivity index (χ3n) is 7.76. The molecule has 2 saturated carbocycles. The van der Waals surface area contributed by atoms with Gasteiger partial charge in [0.1, 0.15) is 5.76 Å². The highest BCUT2D eigenvalue weighted by atomic mass is 16.5. The highest BCUT2D eigenvalue weighted by Gasteiger charge is 2.54. The van der Waals surface area contributed by atoms with E-state index in [0.717, 1.165) is 70.5 Å². The Morgan fingerprint density at radius 1 is 1.19 bits per heavy atom. The van der Waals surface area contributed by atoms with Crippen molar-refractivity contribution in [2.24, 2.45) is 11.3 Å². The van der Waals surface area contributed by atoms with Crippen LogP contribution in [0.3, 0.4) is 0 Å². The van der Waals surface area contributed by atoms with Gasteiger partial charge in [-0.05, 0) is 51.4 Å². The van der Waals surface area contributed by atoms with Gasteiger partial charge in [0.2, 0.25) is 11.8 Å². The van der Waals surface area contributed by atoms with Crippen molar-refractivity contribution in [1.29, 1.82) is 0 Å².